The SMILES string of the molecule is C.C.CC.CC.CC.CC.CC.CC(C)C1=NCC2CC(C(C)C)CN12.CC(C)C1CCCN(C(C)C)C1.CC(C)C1CCCN(C(C)C)C1.CC(C)c1ccc2c(c1)CN(C(C)C)C2.CC(C)c1ccnc(C(C)C)c1. The van der Waals surface area contributed by atoms with Crippen LogP contribution in [0.25, 0.3) is 0 Å². The van der Waals surface area contributed by atoms with Crippen LogP contribution in [-0.4, -0.2) is 93.9 Å². The maximum atomic E-state index is 4.66. The molecule has 0 saturated carbocycles. The van der Waals surface area contributed by atoms with Gasteiger partial charge in [-0.25, -0.2) is 0 Å². The Morgan fingerprint density at radius 3 is 1.23 bits per heavy atom. The minimum Gasteiger partial charge on any atom is -0.355 e. The maximum Gasteiger partial charge on any atom is 0.102 e. The van der Waals surface area contributed by atoms with Crippen molar-refractivity contribution in [2.24, 2.45) is 46.4 Å². The Morgan fingerprint density at radius 2 is 0.857 bits per heavy atom. The summed E-state index contributed by atoms with van der Waals surface area (Å²) >= 11 is 0. The van der Waals surface area contributed by atoms with E-state index in [0.29, 0.717) is 29.7 Å². The van der Waals surface area contributed by atoms with Gasteiger partial charge in [-0.3, -0.25) is 14.9 Å². The largest absolute Gasteiger partial charge is 0.355 e. The van der Waals surface area contributed by atoms with Gasteiger partial charge in [0.05, 0.1) is 12.6 Å². The predicted octanol–water partition coefficient (Wildman–Crippen LogP) is 21.2. The second-order valence-corrected chi connectivity index (χ2v) is 23.9. The molecule has 0 radical (unpaired) electrons. The predicted molar refractivity (Wildman–Crippen MR) is 357 cm³/mol. The van der Waals surface area contributed by atoms with Crippen molar-refractivity contribution < 1.29 is 0 Å². The van der Waals surface area contributed by atoms with Crippen LogP contribution in [-0.2, 0) is 13.1 Å². The molecule has 3 fully saturated rings. The van der Waals surface area contributed by atoms with Crippen molar-refractivity contribution in [2.75, 3.05) is 39.3 Å². The van der Waals surface area contributed by atoms with Crippen molar-refractivity contribution in [2.45, 2.75) is 310 Å². The van der Waals surface area contributed by atoms with Gasteiger partial charge in [-0.1, -0.05) is 199 Å². The Balaban J connectivity index is -0.000000268. The molecule has 1 aromatic heterocycles. The molecule has 0 aliphatic carbocycles. The molecule has 4 unspecified atom stereocenters. The highest BCUT2D eigenvalue weighted by Crippen LogP contribution is 2.34. The maximum absolute atomic E-state index is 4.66. The van der Waals surface area contributed by atoms with Crippen molar-refractivity contribution in [3.63, 3.8) is 0 Å². The first kappa shape index (κ1) is 83.5. The smallest absolute Gasteiger partial charge is 0.102 e. The molecule has 6 heteroatoms. The first-order chi connectivity index (χ1) is 35.5. The number of rotatable bonds is 10. The van der Waals surface area contributed by atoms with E-state index in [9.17, 15) is 0 Å². The van der Waals surface area contributed by atoms with Crippen molar-refractivity contribution in [1.82, 2.24) is 24.6 Å². The van der Waals surface area contributed by atoms with E-state index in [1.807, 2.05) is 75.4 Å². The fourth-order valence-electron chi connectivity index (χ4n) is 10.1. The number of benzene rings is 1. The molecule has 0 bridgehead atoms. The van der Waals surface area contributed by atoms with Gasteiger partial charge in [0.15, 0.2) is 0 Å². The summed E-state index contributed by atoms with van der Waals surface area (Å²) in [5, 5.41) is 0. The number of hydrogen-bond acceptors (Lipinski definition) is 6. The number of pyridine rings is 1. The van der Waals surface area contributed by atoms with Gasteiger partial charge in [0.1, 0.15) is 5.84 Å². The minimum absolute atomic E-state index is 0. The standard InChI is InChI=1S/C14H21N.C12H22N2.C11H17N.2C11H23N.5C2H6.2CH4/c1-10(2)12-5-6-13-8-15(11(3)4)9-14(13)7-12;1-8(2)10-5-11-6-13-12(9(3)4)14(11)7-10;1-8(2)10-5-6-12-11(7-10)9(3)4;2*1-9(2)11-6-5-7-12(8-11)10(3)4;5*1-2;;/h5-7,10-11H,8-9H2,1-4H3;8-11H,5-7H2,1-4H3;5-9H,1-4H3;2*9-11H,5-8H2,1-4H3;5*1-2H3;2*1H4. The lowest BCUT2D eigenvalue weighted by Crippen LogP contribution is -2.41. The fraction of sp³-hybridized carbons (Fsp3) is 0.831. The molecule has 3 saturated heterocycles. The Morgan fingerprint density at radius 1 is 0.442 bits per heavy atom. The molecule has 5 aliphatic heterocycles. The highest BCUT2D eigenvalue weighted by atomic mass is 15.3. The van der Waals surface area contributed by atoms with Crippen LogP contribution in [0.2, 0.25) is 0 Å². The van der Waals surface area contributed by atoms with E-state index < -0.39 is 0 Å². The van der Waals surface area contributed by atoms with Crippen LogP contribution in [0.1, 0.15) is 300 Å². The summed E-state index contributed by atoms with van der Waals surface area (Å²) in [6, 6.07) is 14.2. The Bertz CT molecular complexity index is 1570. The molecular formula is C71H144N6. The quantitative estimate of drug-likeness (QED) is 0.237. The van der Waals surface area contributed by atoms with Crippen LogP contribution in [0.5, 0.6) is 0 Å². The van der Waals surface area contributed by atoms with E-state index in [1.165, 1.54) is 98.6 Å². The summed E-state index contributed by atoms with van der Waals surface area (Å²) in [6.45, 7) is 75.5. The molecule has 6 nitrogen and oxygen atoms in total. The second kappa shape index (κ2) is 47.4. The van der Waals surface area contributed by atoms with Gasteiger partial charge < -0.3 is 14.7 Å². The molecule has 7 rings (SSSR count). The van der Waals surface area contributed by atoms with E-state index in [4.69, 9.17) is 0 Å². The van der Waals surface area contributed by atoms with Crippen molar-refractivity contribution >= 4 is 5.84 Å². The van der Waals surface area contributed by atoms with Crippen LogP contribution >= 0.6 is 0 Å². The molecule has 1 aromatic carbocycles. The van der Waals surface area contributed by atoms with E-state index in [-0.39, 0.29) is 14.9 Å². The molecule has 458 valence electrons. The Hall–Kier alpha value is -2.28. The molecule has 0 spiro atoms. The minimum atomic E-state index is 0. The molecule has 77 heavy (non-hydrogen) atoms. The molecular weight excluding hydrogens is 937 g/mol. The monoisotopic (exact) mass is 1080 g/mol. The zero-order chi connectivity index (χ0) is 58.7. The number of aromatic nitrogens is 1. The van der Waals surface area contributed by atoms with Gasteiger partial charge >= 0.3 is 0 Å². The summed E-state index contributed by atoms with van der Waals surface area (Å²) in [7, 11) is 0. The highest BCUT2D eigenvalue weighted by Gasteiger charge is 2.39. The van der Waals surface area contributed by atoms with Crippen molar-refractivity contribution in [3.8, 4) is 0 Å². The second-order valence-electron chi connectivity index (χ2n) is 23.9. The fourth-order valence-corrected chi connectivity index (χ4v) is 10.1. The van der Waals surface area contributed by atoms with Crippen molar-refractivity contribution in [3.05, 3.63) is 64.5 Å². The van der Waals surface area contributed by atoms with Crippen LogP contribution in [0.3, 0.4) is 0 Å². The lowest BCUT2D eigenvalue weighted by Gasteiger charge is -2.37. The van der Waals surface area contributed by atoms with Gasteiger partial charge in [-0.15, -0.1) is 0 Å². The summed E-state index contributed by atoms with van der Waals surface area (Å²) < 4.78 is 0. The summed E-state index contributed by atoms with van der Waals surface area (Å²) in [5.74, 6) is 9.08. The number of hydrogen-bond donors (Lipinski definition) is 0. The van der Waals surface area contributed by atoms with Gasteiger partial charge in [0.25, 0.3) is 0 Å². The van der Waals surface area contributed by atoms with Crippen LogP contribution in [0, 0.1) is 41.4 Å². The third-order valence-corrected chi connectivity index (χ3v) is 15.4. The summed E-state index contributed by atoms with van der Waals surface area (Å²) in [4.78, 5) is 19.3. The lowest BCUT2D eigenvalue weighted by atomic mass is 9.87. The third kappa shape index (κ3) is 31.5. The van der Waals surface area contributed by atoms with Gasteiger partial charge in [0.2, 0.25) is 0 Å². The highest BCUT2D eigenvalue weighted by molar-refractivity contribution is 5.86. The molecule has 6 heterocycles. The number of aliphatic imine (C=N–C) groups is 1. The van der Waals surface area contributed by atoms with Crippen LogP contribution in [0.4, 0.5) is 0 Å². The van der Waals surface area contributed by atoms with E-state index >= 15 is 0 Å². The van der Waals surface area contributed by atoms with E-state index in [2.05, 4.69) is 198 Å². The van der Waals surface area contributed by atoms with E-state index in [1.54, 1.807) is 0 Å². The lowest BCUT2D eigenvalue weighted by molar-refractivity contribution is 0.117. The normalized spacial score (nSPS) is 19.5. The summed E-state index contributed by atoms with van der Waals surface area (Å²) in [6.07, 6.45) is 8.96. The zero-order valence-corrected chi connectivity index (χ0v) is 56.4. The topological polar surface area (TPSA) is 38.2 Å². The van der Waals surface area contributed by atoms with Crippen LogP contribution < -0.4 is 0 Å². The van der Waals surface area contributed by atoms with Gasteiger partial charge in [0, 0.05) is 68.7 Å². The van der Waals surface area contributed by atoms with Crippen molar-refractivity contribution in [1.29, 1.82) is 0 Å². The van der Waals surface area contributed by atoms with E-state index in [0.717, 1.165) is 73.3 Å². The Labute approximate surface area is 488 Å². The first-order valence-electron chi connectivity index (χ1n) is 32.1. The average molecular weight is 1080 g/mol. The number of likely N-dealkylation sites (tertiary alicyclic amines) is 2. The van der Waals surface area contributed by atoms with Gasteiger partial charge in [-0.2, -0.15) is 0 Å². The van der Waals surface area contributed by atoms with Gasteiger partial charge in [-0.05, 0) is 174 Å². The number of nitrogens with zero attached hydrogens (tertiary/aromatic N) is 6. The Kier molecular flexibility index (Phi) is 51.4. The number of amidine groups is 1. The molecule has 0 amide bonds. The zero-order valence-electron chi connectivity index (χ0n) is 56.4. The first-order valence-corrected chi connectivity index (χ1v) is 32.1. The number of piperidine rings is 2. The summed E-state index contributed by atoms with van der Waals surface area (Å²) in [5.41, 5.74) is 7.11. The van der Waals surface area contributed by atoms with Crippen LogP contribution in [0.15, 0.2) is 41.5 Å². The number of fused-ring (bicyclic) bond motifs is 2. The molecule has 5 aliphatic rings. The molecule has 0 N–H and O–H groups in total. The average Bonchev–Trinajstić information content (AvgIpc) is 4.16. The molecule has 4 atom stereocenters. The molecule has 2 aromatic rings. The third-order valence-electron chi connectivity index (χ3n) is 15.4.